The molecule has 2 saturated carbocycles. The van der Waals surface area contributed by atoms with Crippen LogP contribution in [0, 0.1) is 28.6 Å². The zero-order chi connectivity index (χ0) is 16.4. The van der Waals surface area contributed by atoms with Gasteiger partial charge < -0.3 is 5.11 Å². The number of hydrogen-bond acceptors (Lipinski definition) is 2. The number of carbonyl (C=O) groups excluding carboxylic acids is 1. The van der Waals surface area contributed by atoms with Gasteiger partial charge in [-0.05, 0) is 86.0 Å². The number of ketones is 1. The molecule has 0 bridgehead atoms. The summed E-state index contributed by atoms with van der Waals surface area (Å²) in [6, 6.07) is 0. The Bertz CT molecular complexity index is 601. The molecule has 2 fully saturated rings. The van der Waals surface area contributed by atoms with Gasteiger partial charge in [0.1, 0.15) is 0 Å². The van der Waals surface area contributed by atoms with Crippen LogP contribution < -0.4 is 0 Å². The zero-order valence-corrected chi connectivity index (χ0v) is 14.8. The first-order valence-electron chi connectivity index (χ1n) is 9.45. The number of aliphatic hydroxyl groups excluding tert-OH is 1. The van der Waals surface area contributed by atoms with Gasteiger partial charge in [-0.15, -0.1) is 0 Å². The lowest BCUT2D eigenvalue weighted by atomic mass is 9.47. The summed E-state index contributed by atoms with van der Waals surface area (Å²) in [5, 5.41) is 10.1. The molecule has 126 valence electrons. The Morgan fingerprint density at radius 2 is 1.83 bits per heavy atom. The van der Waals surface area contributed by atoms with E-state index in [1.54, 1.807) is 6.92 Å². The monoisotopic (exact) mass is 314 g/mol. The molecule has 2 heteroatoms. The molecule has 4 rings (SSSR count). The molecule has 23 heavy (non-hydrogen) atoms. The van der Waals surface area contributed by atoms with Crippen LogP contribution >= 0.6 is 0 Å². The van der Waals surface area contributed by atoms with Crippen LogP contribution in [0.25, 0.3) is 0 Å². The molecule has 0 aromatic rings. The zero-order valence-electron chi connectivity index (χ0n) is 14.8. The Balaban J connectivity index is 1.67. The van der Waals surface area contributed by atoms with Crippen molar-refractivity contribution in [2.45, 2.75) is 71.8 Å². The van der Waals surface area contributed by atoms with E-state index in [0.29, 0.717) is 17.3 Å². The van der Waals surface area contributed by atoms with Crippen molar-refractivity contribution < 1.29 is 9.90 Å². The van der Waals surface area contributed by atoms with Crippen LogP contribution in [0.3, 0.4) is 0 Å². The molecular formula is C21H30O2. The molecule has 0 aliphatic heterocycles. The largest absolute Gasteiger partial charge is 0.393 e. The highest BCUT2D eigenvalue weighted by molar-refractivity contribution is 5.95. The quantitative estimate of drug-likeness (QED) is 0.727. The minimum atomic E-state index is -0.128. The maximum absolute atomic E-state index is 12.1. The molecule has 1 N–H and O–H groups in total. The van der Waals surface area contributed by atoms with E-state index in [1.807, 2.05) is 0 Å². The molecular weight excluding hydrogens is 284 g/mol. The van der Waals surface area contributed by atoms with E-state index in [0.717, 1.165) is 50.0 Å². The van der Waals surface area contributed by atoms with E-state index in [-0.39, 0.29) is 17.3 Å². The van der Waals surface area contributed by atoms with Crippen molar-refractivity contribution in [1.29, 1.82) is 0 Å². The standard InChI is InChI=1S/C21H30O2/c1-13(22)17-6-7-18-16-5-4-14-12-15(23)8-10-20(14,2)19(16)9-11-21(17,18)3/h4,6,15-16,18-19,23H,5,7-12H2,1-3H3/t15?,16-,18-,19-,20-,21+/m0/s1. The van der Waals surface area contributed by atoms with Crippen molar-refractivity contribution in [3.8, 4) is 0 Å². The predicted molar refractivity (Wildman–Crippen MR) is 91.9 cm³/mol. The number of carbonyl (C=O) groups is 1. The topological polar surface area (TPSA) is 37.3 Å². The fraction of sp³-hybridized carbons (Fsp3) is 0.762. The summed E-state index contributed by atoms with van der Waals surface area (Å²) in [4.78, 5) is 12.1. The molecule has 6 atom stereocenters. The first-order chi connectivity index (χ1) is 10.9. The van der Waals surface area contributed by atoms with Gasteiger partial charge in [0.2, 0.25) is 0 Å². The molecule has 1 unspecified atom stereocenters. The predicted octanol–water partition coefficient (Wildman–Crippen LogP) is 4.44. The fourth-order valence-corrected chi connectivity index (χ4v) is 6.75. The van der Waals surface area contributed by atoms with Crippen LogP contribution in [0.1, 0.15) is 65.7 Å². The lowest BCUT2D eigenvalue weighted by Gasteiger charge is -2.57. The molecule has 0 radical (unpaired) electrons. The minimum Gasteiger partial charge on any atom is -0.393 e. The summed E-state index contributed by atoms with van der Waals surface area (Å²) in [6.07, 6.45) is 12.2. The van der Waals surface area contributed by atoms with Gasteiger partial charge in [-0.3, -0.25) is 4.79 Å². The smallest absolute Gasteiger partial charge is 0.156 e. The van der Waals surface area contributed by atoms with Crippen molar-refractivity contribution in [3.05, 3.63) is 23.3 Å². The Morgan fingerprint density at radius 3 is 2.57 bits per heavy atom. The molecule has 0 saturated heterocycles. The highest BCUT2D eigenvalue weighted by Crippen LogP contribution is 2.64. The number of fused-ring (bicyclic) bond motifs is 5. The second-order valence-electron chi connectivity index (χ2n) is 9.02. The summed E-state index contributed by atoms with van der Waals surface area (Å²) in [7, 11) is 0. The third-order valence-corrected chi connectivity index (χ3v) is 8.04. The first kappa shape index (κ1) is 15.6. The maximum Gasteiger partial charge on any atom is 0.156 e. The number of hydrogen-bond donors (Lipinski definition) is 1. The third kappa shape index (κ3) is 2.06. The molecule has 0 aromatic heterocycles. The van der Waals surface area contributed by atoms with E-state index in [9.17, 15) is 9.90 Å². The van der Waals surface area contributed by atoms with Crippen LogP contribution in [0.15, 0.2) is 23.3 Å². The van der Waals surface area contributed by atoms with E-state index in [1.165, 1.54) is 12.0 Å². The van der Waals surface area contributed by atoms with Crippen LogP contribution in [0.5, 0.6) is 0 Å². The SMILES string of the molecule is CC(=O)C1=CC[C@H]2[C@@H]3CC=C4CC(O)CC[C@]4(C)[C@H]3CC[C@]12C. The molecule has 0 heterocycles. The van der Waals surface area contributed by atoms with Gasteiger partial charge in [0.15, 0.2) is 5.78 Å². The second-order valence-corrected chi connectivity index (χ2v) is 9.02. The van der Waals surface area contributed by atoms with E-state index >= 15 is 0 Å². The van der Waals surface area contributed by atoms with Crippen LogP contribution in [-0.2, 0) is 4.79 Å². The Hall–Kier alpha value is -0.890. The molecule has 0 amide bonds. The van der Waals surface area contributed by atoms with Gasteiger partial charge in [0.05, 0.1) is 6.10 Å². The number of rotatable bonds is 1. The molecule has 4 aliphatic carbocycles. The second kappa shape index (κ2) is 5.05. The summed E-state index contributed by atoms with van der Waals surface area (Å²) in [5.41, 5.74) is 3.05. The van der Waals surface area contributed by atoms with Crippen LogP contribution in [-0.4, -0.2) is 17.0 Å². The van der Waals surface area contributed by atoms with Crippen molar-refractivity contribution in [2.24, 2.45) is 28.6 Å². The fourth-order valence-electron chi connectivity index (χ4n) is 6.75. The normalized spacial score (nSPS) is 48.7. The Labute approximate surface area is 140 Å². The molecule has 0 spiro atoms. The minimum absolute atomic E-state index is 0.114. The first-order valence-corrected chi connectivity index (χ1v) is 9.45. The van der Waals surface area contributed by atoms with Gasteiger partial charge >= 0.3 is 0 Å². The van der Waals surface area contributed by atoms with Gasteiger partial charge in [0, 0.05) is 0 Å². The van der Waals surface area contributed by atoms with Crippen molar-refractivity contribution in [2.75, 3.05) is 0 Å². The van der Waals surface area contributed by atoms with E-state index in [4.69, 9.17) is 0 Å². The highest BCUT2D eigenvalue weighted by atomic mass is 16.3. The summed E-state index contributed by atoms with van der Waals surface area (Å²) in [6.45, 7) is 6.55. The van der Waals surface area contributed by atoms with Gasteiger partial charge in [-0.25, -0.2) is 0 Å². The van der Waals surface area contributed by atoms with E-state index in [2.05, 4.69) is 26.0 Å². The Kier molecular flexibility index (Phi) is 3.43. The summed E-state index contributed by atoms with van der Waals surface area (Å²) in [5.74, 6) is 2.38. The maximum atomic E-state index is 12.1. The van der Waals surface area contributed by atoms with Crippen molar-refractivity contribution in [3.63, 3.8) is 0 Å². The van der Waals surface area contributed by atoms with Gasteiger partial charge in [-0.2, -0.15) is 0 Å². The number of aliphatic hydroxyl groups is 1. The lowest BCUT2D eigenvalue weighted by Crippen LogP contribution is -2.50. The average molecular weight is 314 g/mol. The van der Waals surface area contributed by atoms with Gasteiger partial charge in [0.25, 0.3) is 0 Å². The number of allylic oxidation sites excluding steroid dienone is 3. The summed E-state index contributed by atoms with van der Waals surface area (Å²) >= 11 is 0. The van der Waals surface area contributed by atoms with Crippen molar-refractivity contribution in [1.82, 2.24) is 0 Å². The van der Waals surface area contributed by atoms with Gasteiger partial charge in [-0.1, -0.05) is 31.6 Å². The Morgan fingerprint density at radius 1 is 1.09 bits per heavy atom. The molecule has 2 nitrogen and oxygen atoms in total. The van der Waals surface area contributed by atoms with Crippen molar-refractivity contribution >= 4 is 5.78 Å². The third-order valence-electron chi connectivity index (χ3n) is 8.04. The number of Topliss-reactive ketones (excluding diaryl/α,β-unsaturated/α-hetero) is 1. The van der Waals surface area contributed by atoms with Crippen LogP contribution in [0.4, 0.5) is 0 Å². The summed E-state index contributed by atoms with van der Waals surface area (Å²) < 4.78 is 0. The lowest BCUT2D eigenvalue weighted by molar-refractivity contribution is -0.115. The molecule has 4 aliphatic rings. The average Bonchev–Trinajstić information content (AvgIpc) is 2.85. The van der Waals surface area contributed by atoms with Crippen LogP contribution in [0.2, 0.25) is 0 Å². The molecule has 0 aromatic carbocycles. The van der Waals surface area contributed by atoms with E-state index < -0.39 is 0 Å². The highest BCUT2D eigenvalue weighted by Gasteiger charge is 2.57.